The standard InChI is InChI=1S/C7H5BF2O/c1-11-7-5(9)3-2-4(8)6(7)10/h2-3H,1H3. The minimum atomic E-state index is -0.854. The Morgan fingerprint density at radius 2 is 2.00 bits per heavy atom. The summed E-state index contributed by atoms with van der Waals surface area (Å²) in [5, 5.41) is 0. The van der Waals surface area contributed by atoms with E-state index in [-0.39, 0.29) is 5.46 Å². The van der Waals surface area contributed by atoms with Crippen molar-refractivity contribution in [2.75, 3.05) is 7.11 Å². The highest BCUT2D eigenvalue weighted by Gasteiger charge is 2.09. The van der Waals surface area contributed by atoms with Gasteiger partial charge in [0, 0.05) is 0 Å². The molecule has 11 heavy (non-hydrogen) atoms. The van der Waals surface area contributed by atoms with Gasteiger partial charge < -0.3 is 4.74 Å². The van der Waals surface area contributed by atoms with Crippen molar-refractivity contribution in [3.8, 4) is 5.75 Å². The van der Waals surface area contributed by atoms with Gasteiger partial charge in [-0.1, -0.05) is 11.5 Å². The minimum absolute atomic E-state index is 0.122. The molecule has 0 atom stereocenters. The van der Waals surface area contributed by atoms with Crippen molar-refractivity contribution in [3.63, 3.8) is 0 Å². The van der Waals surface area contributed by atoms with Crippen LogP contribution in [0.5, 0.6) is 5.75 Å². The third kappa shape index (κ3) is 1.34. The van der Waals surface area contributed by atoms with E-state index in [0.717, 1.165) is 12.1 Å². The van der Waals surface area contributed by atoms with E-state index in [9.17, 15) is 8.78 Å². The van der Waals surface area contributed by atoms with Gasteiger partial charge in [0.2, 0.25) is 0 Å². The molecule has 4 heteroatoms. The van der Waals surface area contributed by atoms with Gasteiger partial charge in [-0.25, -0.2) is 8.78 Å². The minimum Gasteiger partial charge on any atom is -0.491 e. The van der Waals surface area contributed by atoms with E-state index in [1.807, 2.05) is 0 Å². The first-order valence-corrected chi connectivity index (χ1v) is 2.94. The van der Waals surface area contributed by atoms with Gasteiger partial charge in [0.05, 0.1) is 7.11 Å². The van der Waals surface area contributed by atoms with Crippen LogP contribution in [-0.2, 0) is 0 Å². The van der Waals surface area contributed by atoms with Gasteiger partial charge >= 0.3 is 0 Å². The maximum Gasteiger partial charge on any atom is 0.189 e. The molecule has 0 N–H and O–H groups in total. The third-order valence-corrected chi connectivity index (χ3v) is 1.28. The fourth-order valence-electron chi connectivity index (χ4n) is 0.735. The van der Waals surface area contributed by atoms with Crippen LogP contribution in [0.1, 0.15) is 0 Å². The molecular weight excluding hydrogens is 149 g/mol. The lowest BCUT2D eigenvalue weighted by Gasteiger charge is -2.04. The van der Waals surface area contributed by atoms with Crippen LogP contribution in [0.2, 0.25) is 0 Å². The molecule has 0 aromatic heterocycles. The second kappa shape index (κ2) is 2.90. The molecule has 1 aromatic rings. The first-order chi connectivity index (χ1) is 5.16. The summed E-state index contributed by atoms with van der Waals surface area (Å²) in [5.41, 5.74) is -0.122. The summed E-state index contributed by atoms with van der Waals surface area (Å²) in [6, 6.07) is 2.20. The van der Waals surface area contributed by atoms with E-state index in [0.29, 0.717) is 0 Å². The topological polar surface area (TPSA) is 9.23 Å². The maximum absolute atomic E-state index is 12.8. The summed E-state index contributed by atoms with van der Waals surface area (Å²) in [5.74, 6) is -2.04. The average molecular weight is 154 g/mol. The van der Waals surface area contributed by atoms with Crippen LogP contribution < -0.4 is 10.2 Å². The molecule has 0 bridgehead atoms. The predicted octanol–water partition coefficient (Wildman–Crippen LogP) is 0.767. The molecule has 2 radical (unpaired) electrons. The van der Waals surface area contributed by atoms with Gasteiger partial charge in [0.15, 0.2) is 17.4 Å². The number of rotatable bonds is 1. The van der Waals surface area contributed by atoms with Crippen LogP contribution in [0.4, 0.5) is 8.78 Å². The molecule has 0 aliphatic carbocycles. The third-order valence-electron chi connectivity index (χ3n) is 1.28. The summed E-state index contributed by atoms with van der Waals surface area (Å²) in [6.07, 6.45) is 0. The van der Waals surface area contributed by atoms with Crippen LogP contribution in [0.25, 0.3) is 0 Å². The summed E-state index contributed by atoms with van der Waals surface area (Å²) in [7, 11) is 6.32. The van der Waals surface area contributed by atoms with Crippen LogP contribution in [0.15, 0.2) is 12.1 Å². The van der Waals surface area contributed by atoms with Crippen molar-refractivity contribution in [3.05, 3.63) is 23.8 Å². The van der Waals surface area contributed by atoms with E-state index in [1.54, 1.807) is 0 Å². The van der Waals surface area contributed by atoms with E-state index in [1.165, 1.54) is 7.11 Å². The molecule has 1 nitrogen and oxygen atoms in total. The zero-order valence-corrected chi connectivity index (χ0v) is 5.90. The van der Waals surface area contributed by atoms with Gasteiger partial charge in [0.1, 0.15) is 7.85 Å². The summed E-state index contributed by atoms with van der Waals surface area (Å²) in [4.78, 5) is 0. The van der Waals surface area contributed by atoms with Crippen LogP contribution in [-0.4, -0.2) is 15.0 Å². The van der Waals surface area contributed by atoms with Crippen molar-refractivity contribution in [1.29, 1.82) is 0 Å². The molecule has 1 aromatic carbocycles. The largest absolute Gasteiger partial charge is 0.491 e. The van der Waals surface area contributed by atoms with Crippen LogP contribution >= 0.6 is 0 Å². The fraction of sp³-hybridized carbons (Fsp3) is 0.143. The lowest BCUT2D eigenvalue weighted by atomic mass is 9.95. The number of hydrogen-bond donors (Lipinski definition) is 0. The molecule has 0 saturated carbocycles. The molecule has 0 amide bonds. The Bertz CT molecular complexity index is 275. The zero-order valence-electron chi connectivity index (χ0n) is 5.90. The highest BCUT2D eigenvalue weighted by molar-refractivity contribution is 6.32. The summed E-state index contributed by atoms with van der Waals surface area (Å²) >= 11 is 0. The highest BCUT2D eigenvalue weighted by Crippen LogP contribution is 2.17. The Labute approximate surface area is 64.4 Å². The van der Waals surface area contributed by atoms with E-state index in [2.05, 4.69) is 4.74 Å². The second-order valence-electron chi connectivity index (χ2n) is 1.98. The van der Waals surface area contributed by atoms with E-state index >= 15 is 0 Å². The van der Waals surface area contributed by atoms with E-state index < -0.39 is 17.4 Å². The quantitative estimate of drug-likeness (QED) is 0.542. The zero-order chi connectivity index (χ0) is 8.43. The van der Waals surface area contributed by atoms with Gasteiger partial charge in [0.25, 0.3) is 0 Å². The lowest BCUT2D eigenvalue weighted by Crippen LogP contribution is -2.10. The molecule has 1 rings (SSSR count). The van der Waals surface area contributed by atoms with Crippen molar-refractivity contribution < 1.29 is 13.5 Å². The van der Waals surface area contributed by atoms with Gasteiger partial charge in [-0.3, -0.25) is 0 Å². The fourth-order valence-corrected chi connectivity index (χ4v) is 0.735. The molecule has 0 saturated heterocycles. The average Bonchev–Trinajstić information content (AvgIpc) is 1.99. The van der Waals surface area contributed by atoms with Crippen molar-refractivity contribution >= 4 is 13.3 Å². The number of halogens is 2. The van der Waals surface area contributed by atoms with Crippen molar-refractivity contribution in [1.82, 2.24) is 0 Å². The number of hydrogen-bond acceptors (Lipinski definition) is 1. The summed E-state index contributed by atoms with van der Waals surface area (Å²) in [6.45, 7) is 0. The van der Waals surface area contributed by atoms with Crippen LogP contribution in [0.3, 0.4) is 0 Å². The second-order valence-corrected chi connectivity index (χ2v) is 1.98. The number of ether oxygens (including phenoxy) is 1. The molecule has 0 heterocycles. The number of benzene rings is 1. The van der Waals surface area contributed by atoms with Gasteiger partial charge in [-0.05, 0) is 6.07 Å². The van der Waals surface area contributed by atoms with Gasteiger partial charge in [-0.15, -0.1) is 0 Å². The monoisotopic (exact) mass is 154 g/mol. The Hall–Kier alpha value is -1.06. The molecule has 0 aliphatic heterocycles. The van der Waals surface area contributed by atoms with Crippen molar-refractivity contribution in [2.45, 2.75) is 0 Å². The smallest absolute Gasteiger partial charge is 0.189 e. The predicted molar refractivity (Wildman–Crippen MR) is 38.3 cm³/mol. The van der Waals surface area contributed by atoms with Crippen molar-refractivity contribution in [2.24, 2.45) is 0 Å². The van der Waals surface area contributed by atoms with Crippen LogP contribution in [0, 0.1) is 11.6 Å². The molecule has 0 spiro atoms. The first kappa shape index (κ1) is 8.05. The highest BCUT2D eigenvalue weighted by atomic mass is 19.1. The molecular formula is C7H5BF2O. The summed E-state index contributed by atoms with van der Waals surface area (Å²) < 4.78 is 29.8. The first-order valence-electron chi connectivity index (χ1n) is 2.94. The Morgan fingerprint density at radius 3 is 2.45 bits per heavy atom. The van der Waals surface area contributed by atoms with E-state index in [4.69, 9.17) is 7.85 Å². The Kier molecular flexibility index (Phi) is 2.12. The molecule has 0 fully saturated rings. The van der Waals surface area contributed by atoms with Gasteiger partial charge in [-0.2, -0.15) is 0 Å². The Balaban J connectivity index is 3.29. The molecule has 0 aliphatic rings. The maximum atomic E-state index is 12.8. The Morgan fingerprint density at radius 1 is 1.36 bits per heavy atom. The normalized spacial score (nSPS) is 9.73. The number of methoxy groups -OCH3 is 1. The molecule has 0 unspecified atom stereocenters. The SMILES string of the molecule is [B]c1ccc(F)c(OC)c1F. The lowest BCUT2D eigenvalue weighted by molar-refractivity contribution is 0.361. The molecule has 56 valence electrons.